The van der Waals surface area contributed by atoms with Crippen LogP contribution in [0.1, 0.15) is 44.5 Å². The van der Waals surface area contributed by atoms with Gasteiger partial charge in [0.05, 0.1) is 22.3 Å². The predicted molar refractivity (Wildman–Crippen MR) is 153 cm³/mol. The van der Waals surface area contributed by atoms with Crippen molar-refractivity contribution in [1.29, 1.82) is 0 Å². The van der Waals surface area contributed by atoms with E-state index in [9.17, 15) is 57.5 Å². The van der Waals surface area contributed by atoms with Crippen molar-refractivity contribution in [3.63, 3.8) is 0 Å². The lowest BCUT2D eigenvalue weighted by Crippen LogP contribution is -2.64. The highest BCUT2D eigenvalue weighted by molar-refractivity contribution is 5.88. The molecule has 0 atom stereocenters. The number of halogens is 12. The summed E-state index contributed by atoms with van der Waals surface area (Å²) in [6, 6.07) is 9.61. The number of amides is 1. The van der Waals surface area contributed by atoms with Crippen molar-refractivity contribution < 1.29 is 57.5 Å². The van der Waals surface area contributed by atoms with Crippen LogP contribution in [0, 0.1) is 0 Å². The van der Waals surface area contributed by atoms with Crippen LogP contribution in [-0.2, 0) is 55.4 Å². The zero-order valence-corrected chi connectivity index (χ0v) is 25.7. The smallest absolute Gasteiger partial charge is 0.340 e. The number of piperazine rings is 1. The molecule has 49 heavy (non-hydrogen) atoms. The first-order chi connectivity index (χ1) is 22.6. The molecule has 1 aliphatic heterocycles. The Labute approximate surface area is 272 Å². The minimum atomic E-state index is -5.07. The van der Waals surface area contributed by atoms with Crippen LogP contribution in [0.25, 0.3) is 0 Å². The number of hydrogen-bond donors (Lipinski definition) is 0. The van der Waals surface area contributed by atoms with Crippen molar-refractivity contribution in [2.75, 3.05) is 33.2 Å². The zero-order valence-electron chi connectivity index (χ0n) is 25.7. The molecule has 5 rings (SSSR count). The van der Waals surface area contributed by atoms with Gasteiger partial charge in [-0.15, -0.1) is 0 Å². The Balaban J connectivity index is 1.38. The minimum absolute atomic E-state index is 0.00318. The molecule has 0 aromatic heterocycles. The van der Waals surface area contributed by atoms with Crippen LogP contribution in [-0.4, -0.2) is 59.4 Å². The molecule has 1 amide bonds. The molecule has 1 aliphatic carbocycles. The molecule has 0 bridgehead atoms. The Bertz CT molecular complexity index is 1600. The van der Waals surface area contributed by atoms with Crippen LogP contribution in [0.3, 0.4) is 0 Å². The van der Waals surface area contributed by atoms with Crippen LogP contribution in [0.2, 0.25) is 0 Å². The standard InChI is InChI=1S/C33H29F12N3O/c1-46(18-20-10-24(30(34,35)36)14-25(11-20)31(37,38)39)28(49)29(16-22-4-2-3-5-23(22)17-29)48-8-6-47(7-9-48)19-21-12-26(32(40,41)42)15-27(13-21)33(43,44)45/h2-5,10-15H,6-9,16-19H2,1H3. The molecule has 0 N–H and O–H groups in total. The first-order valence-electron chi connectivity index (χ1n) is 14.9. The third kappa shape index (κ3) is 8.00. The van der Waals surface area contributed by atoms with Gasteiger partial charge in [0.25, 0.3) is 0 Å². The number of alkyl halides is 12. The van der Waals surface area contributed by atoms with Gasteiger partial charge in [0, 0.05) is 59.2 Å². The molecule has 1 saturated heterocycles. The van der Waals surface area contributed by atoms with Gasteiger partial charge in [0.1, 0.15) is 5.54 Å². The number of nitrogens with zero attached hydrogens (tertiary/aromatic N) is 3. The largest absolute Gasteiger partial charge is 0.416 e. The quantitative estimate of drug-likeness (QED) is 0.242. The maximum Gasteiger partial charge on any atom is 0.416 e. The summed E-state index contributed by atoms with van der Waals surface area (Å²) in [6.45, 7) is -0.203. The molecular weight excluding hydrogens is 682 g/mol. The van der Waals surface area contributed by atoms with E-state index in [-0.39, 0.29) is 68.8 Å². The Hall–Kier alpha value is -3.79. The van der Waals surface area contributed by atoms with Crippen molar-refractivity contribution >= 4 is 5.91 Å². The molecule has 266 valence electrons. The highest BCUT2D eigenvalue weighted by atomic mass is 19.4. The maximum absolute atomic E-state index is 14.3. The molecule has 4 nitrogen and oxygen atoms in total. The minimum Gasteiger partial charge on any atom is -0.340 e. The van der Waals surface area contributed by atoms with Crippen molar-refractivity contribution in [2.45, 2.75) is 56.2 Å². The van der Waals surface area contributed by atoms with E-state index in [1.54, 1.807) is 29.2 Å². The Kier molecular flexibility index (Phi) is 9.55. The van der Waals surface area contributed by atoms with Crippen molar-refractivity contribution in [3.8, 4) is 0 Å². The Morgan fingerprint density at radius 3 is 1.41 bits per heavy atom. The van der Waals surface area contributed by atoms with Gasteiger partial charge in [-0.05, 0) is 58.7 Å². The van der Waals surface area contributed by atoms with E-state index in [1.165, 1.54) is 7.05 Å². The first kappa shape index (κ1) is 36.5. The second-order valence-corrected chi connectivity index (χ2v) is 12.4. The summed E-state index contributed by atoms with van der Waals surface area (Å²) in [7, 11) is 1.28. The average molecular weight is 712 g/mol. The monoisotopic (exact) mass is 711 g/mol. The maximum atomic E-state index is 14.3. The zero-order chi connectivity index (χ0) is 36.2. The Morgan fingerprint density at radius 2 is 1.02 bits per heavy atom. The number of carbonyl (C=O) groups excluding carboxylic acids is 1. The first-order valence-corrected chi connectivity index (χ1v) is 14.9. The average Bonchev–Trinajstić information content (AvgIpc) is 3.40. The topological polar surface area (TPSA) is 26.8 Å². The molecule has 0 unspecified atom stereocenters. The van der Waals surface area contributed by atoms with E-state index in [1.807, 2.05) is 4.90 Å². The third-order valence-electron chi connectivity index (χ3n) is 8.93. The van der Waals surface area contributed by atoms with E-state index in [0.717, 1.165) is 16.0 Å². The summed E-state index contributed by atoms with van der Waals surface area (Å²) >= 11 is 0. The number of likely N-dealkylation sites (N-methyl/N-ethyl adjacent to an activating group) is 1. The highest BCUT2D eigenvalue weighted by Gasteiger charge is 2.50. The van der Waals surface area contributed by atoms with Gasteiger partial charge in [-0.25, -0.2) is 0 Å². The molecule has 16 heteroatoms. The molecule has 0 spiro atoms. The van der Waals surface area contributed by atoms with Crippen LogP contribution in [0.15, 0.2) is 60.7 Å². The normalized spacial score (nSPS) is 17.7. The summed E-state index contributed by atoms with van der Waals surface area (Å²) in [6.07, 6.45) is -19.8. The molecule has 3 aromatic rings. The van der Waals surface area contributed by atoms with Crippen LogP contribution >= 0.6 is 0 Å². The predicted octanol–water partition coefficient (Wildman–Crippen LogP) is 8.08. The van der Waals surface area contributed by atoms with Gasteiger partial charge in [0.15, 0.2) is 0 Å². The summed E-state index contributed by atoms with van der Waals surface area (Å²) in [5.41, 5.74) is -6.14. The van der Waals surface area contributed by atoms with Gasteiger partial charge in [-0.1, -0.05) is 24.3 Å². The fraction of sp³-hybridized carbons (Fsp3) is 0.424. The Morgan fingerprint density at radius 1 is 0.633 bits per heavy atom. The lowest BCUT2D eigenvalue weighted by Gasteiger charge is -2.46. The van der Waals surface area contributed by atoms with E-state index >= 15 is 0 Å². The lowest BCUT2D eigenvalue weighted by atomic mass is 9.90. The number of fused-ring (bicyclic) bond motifs is 1. The third-order valence-corrected chi connectivity index (χ3v) is 8.93. The molecule has 0 saturated carbocycles. The van der Waals surface area contributed by atoms with Crippen LogP contribution < -0.4 is 0 Å². The second kappa shape index (κ2) is 12.8. The van der Waals surface area contributed by atoms with Crippen LogP contribution in [0.4, 0.5) is 52.7 Å². The summed E-state index contributed by atoms with van der Waals surface area (Å²) in [5, 5.41) is 0. The van der Waals surface area contributed by atoms with E-state index in [0.29, 0.717) is 24.3 Å². The fourth-order valence-electron chi connectivity index (χ4n) is 6.62. The summed E-state index contributed by atoms with van der Waals surface area (Å²) in [5.74, 6) is -0.559. The molecule has 2 aliphatic rings. The second-order valence-electron chi connectivity index (χ2n) is 12.4. The van der Waals surface area contributed by atoms with Gasteiger partial charge in [-0.3, -0.25) is 14.6 Å². The van der Waals surface area contributed by atoms with Crippen molar-refractivity contribution in [3.05, 3.63) is 105 Å². The van der Waals surface area contributed by atoms with Crippen molar-refractivity contribution in [2.24, 2.45) is 0 Å². The van der Waals surface area contributed by atoms with E-state index in [2.05, 4.69) is 0 Å². The van der Waals surface area contributed by atoms with Crippen molar-refractivity contribution in [1.82, 2.24) is 14.7 Å². The lowest BCUT2D eigenvalue weighted by molar-refractivity contribution is -0.145. The van der Waals surface area contributed by atoms with E-state index in [4.69, 9.17) is 0 Å². The van der Waals surface area contributed by atoms with Gasteiger partial charge < -0.3 is 4.90 Å². The highest BCUT2D eigenvalue weighted by Crippen LogP contribution is 2.40. The van der Waals surface area contributed by atoms with Crippen LogP contribution in [0.5, 0.6) is 0 Å². The SMILES string of the molecule is CN(Cc1cc(C(F)(F)F)cc(C(F)(F)F)c1)C(=O)C1(N2CCN(Cc3cc(C(F)(F)F)cc(C(F)(F)F)c3)CC2)Cc2ccccc2C1. The van der Waals surface area contributed by atoms with E-state index < -0.39 is 64.9 Å². The number of carbonyl (C=O) groups is 1. The fourth-order valence-corrected chi connectivity index (χ4v) is 6.62. The summed E-state index contributed by atoms with van der Waals surface area (Å²) < 4.78 is 161. The van der Waals surface area contributed by atoms with Gasteiger partial charge in [-0.2, -0.15) is 52.7 Å². The number of hydrogen-bond acceptors (Lipinski definition) is 3. The van der Waals surface area contributed by atoms with Gasteiger partial charge in [0.2, 0.25) is 5.91 Å². The molecule has 1 fully saturated rings. The van der Waals surface area contributed by atoms with Gasteiger partial charge >= 0.3 is 24.7 Å². The molecule has 3 aromatic carbocycles. The molecule has 1 heterocycles. The number of rotatable bonds is 6. The molecular formula is C33H29F12N3O. The summed E-state index contributed by atoms with van der Waals surface area (Å²) in [4.78, 5) is 18.8. The molecule has 0 radical (unpaired) electrons. The number of benzene rings is 3.